The number of carbonyl (C=O) groups excluding carboxylic acids is 2. The molecule has 0 aliphatic carbocycles. The maximum atomic E-state index is 12.9. The fourth-order valence-electron chi connectivity index (χ4n) is 2.77. The van der Waals surface area contributed by atoms with Crippen LogP contribution in [0.3, 0.4) is 0 Å². The summed E-state index contributed by atoms with van der Waals surface area (Å²) in [6.07, 6.45) is 6.55. The summed E-state index contributed by atoms with van der Waals surface area (Å²) in [5, 5.41) is 11.6. The normalized spacial score (nSPS) is 13.8. The highest BCUT2D eigenvalue weighted by Crippen LogP contribution is 2.18. The van der Waals surface area contributed by atoms with Crippen molar-refractivity contribution < 1.29 is 9.59 Å². The van der Waals surface area contributed by atoms with Crippen molar-refractivity contribution in [2.45, 2.75) is 26.2 Å². The van der Waals surface area contributed by atoms with Gasteiger partial charge in [-0.15, -0.1) is 17.4 Å². The number of amides is 2. The van der Waals surface area contributed by atoms with Gasteiger partial charge in [-0.25, -0.2) is 5.01 Å². The van der Waals surface area contributed by atoms with E-state index in [2.05, 4.69) is 16.1 Å². The number of terminal acetylenes is 1. The number of carbonyl (C=O) groups is 2. The Bertz CT molecular complexity index is 822. The number of hydrazine groups is 1. The van der Waals surface area contributed by atoms with Crippen molar-refractivity contribution in [3.63, 3.8) is 0 Å². The van der Waals surface area contributed by atoms with E-state index in [1.807, 2.05) is 30.3 Å². The van der Waals surface area contributed by atoms with Crippen LogP contribution in [0, 0.1) is 19.3 Å². The van der Waals surface area contributed by atoms with E-state index in [1.165, 1.54) is 14.8 Å². The molecule has 25 heavy (non-hydrogen) atoms. The smallest absolute Gasteiger partial charge is 0.273 e. The minimum atomic E-state index is -0.314. The van der Waals surface area contributed by atoms with Crippen molar-refractivity contribution in [1.29, 1.82) is 0 Å². The highest BCUT2D eigenvalue weighted by Gasteiger charge is 2.33. The number of rotatable bonds is 4. The molecule has 1 saturated heterocycles. The average molecular weight is 337 g/mol. The second-order valence-electron chi connectivity index (χ2n) is 5.76. The zero-order valence-electron chi connectivity index (χ0n) is 14.1. The molecule has 1 aliphatic heterocycles. The van der Waals surface area contributed by atoms with Crippen LogP contribution >= 0.6 is 0 Å². The molecular weight excluding hydrogens is 318 g/mol. The van der Waals surface area contributed by atoms with Crippen molar-refractivity contribution in [3.05, 3.63) is 41.7 Å². The summed E-state index contributed by atoms with van der Waals surface area (Å²) in [6.45, 7) is 2.74. The summed E-state index contributed by atoms with van der Waals surface area (Å²) in [5.41, 5.74) is 1.55. The Labute approximate surface area is 146 Å². The molecule has 0 saturated carbocycles. The topological polar surface area (TPSA) is 71.3 Å². The maximum Gasteiger partial charge on any atom is 0.294 e. The van der Waals surface area contributed by atoms with E-state index in [0.29, 0.717) is 25.2 Å². The summed E-state index contributed by atoms with van der Waals surface area (Å²) in [6, 6.07) is 9.37. The van der Waals surface area contributed by atoms with Crippen LogP contribution < -0.4 is 0 Å². The van der Waals surface area contributed by atoms with Crippen LogP contribution in [0.5, 0.6) is 0 Å². The van der Waals surface area contributed by atoms with E-state index in [0.717, 1.165) is 12.1 Å². The highest BCUT2D eigenvalue weighted by molar-refractivity contribution is 5.94. The Kier molecular flexibility index (Phi) is 4.80. The molecule has 1 aromatic heterocycles. The molecule has 0 atom stereocenters. The fourth-order valence-corrected chi connectivity index (χ4v) is 2.77. The van der Waals surface area contributed by atoms with Crippen LogP contribution in [0.2, 0.25) is 0 Å². The standard InChI is InChI=1S/C18H19N5O2/c1-3-4-11-16(24)21-12-8-13-22(21)18(25)17-14(2)19-23(20-17)15-9-6-5-7-10-15/h1,5-7,9-10H,4,8,11-13H2,2H3. The van der Waals surface area contributed by atoms with Gasteiger partial charge in [0.25, 0.3) is 5.91 Å². The minimum absolute atomic E-state index is 0.142. The van der Waals surface area contributed by atoms with Gasteiger partial charge in [0.05, 0.1) is 11.4 Å². The van der Waals surface area contributed by atoms with E-state index < -0.39 is 0 Å². The predicted molar refractivity (Wildman–Crippen MR) is 91.5 cm³/mol. The third-order valence-electron chi connectivity index (χ3n) is 4.01. The lowest BCUT2D eigenvalue weighted by atomic mass is 10.3. The Balaban J connectivity index is 1.82. The molecule has 7 nitrogen and oxygen atoms in total. The first kappa shape index (κ1) is 16.7. The Morgan fingerprint density at radius 2 is 1.88 bits per heavy atom. The molecule has 128 valence electrons. The molecule has 0 spiro atoms. The van der Waals surface area contributed by atoms with Crippen LogP contribution in [0.4, 0.5) is 0 Å². The van der Waals surface area contributed by atoms with Crippen molar-refractivity contribution in [1.82, 2.24) is 25.0 Å². The lowest BCUT2D eigenvalue weighted by Gasteiger charge is -2.27. The molecule has 0 unspecified atom stereocenters. The number of aromatic nitrogens is 3. The molecule has 2 heterocycles. The molecule has 7 heteroatoms. The Hall–Kier alpha value is -3.14. The SMILES string of the molecule is C#CCCC(=O)N1CCCN1C(=O)c1nn(-c2ccccc2)nc1C. The monoisotopic (exact) mass is 337 g/mol. The van der Waals surface area contributed by atoms with Gasteiger partial charge in [-0.05, 0) is 25.5 Å². The van der Waals surface area contributed by atoms with Crippen LogP contribution in [0.25, 0.3) is 5.69 Å². The molecule has 1 fully saturated rings. The summed E-state index contributed by atoms with van der Waals surface area (Å²) < 4.78 is 0. The van der Waals surface area contributed by atoms with Gasteiger partial charge >= 0.3 is 0 Å². The van der Waals surface area contributed by atoms with Gasteiger partial charge in [0.2, 0.25) is 5.91 Å². The zero-order chi connectivity index (χ0) is 17.8. The van der Waals surface area contributed by atoms with Crippen LogP contribution in [-0.2, 0) is 4.79 Å². The molecule has 0 N–H and O–H groups in total. The van der Waals surface area contributed by atoms with Crippen molar-refractivity contribution in [2.75, 3.05) is 13.1 Å². The largest absolute Gasteiger partial charge is 0.294 e. The van der Waals surface area contributed by atoms with E-state index >= 15 is 0 Å². The number of para-hydroxylation sites is 1. The van der Waals surface area contributed by atoms with Gasteiger partial charge in [-0.2, -0.15) is 9.90 Å². The number of aryl methyl sites for hydroxylation is 1. The lowest BCUT2D eigenvalue weighted by molar-refractivity contribution is -0.140. The molecule has 3 rings (SSSR count). The third kappa shape index (κ3) is 3.38. The number of hydrogen-bond donors (Lipinski definition) is 0. The molecule has 1 aliphatic rings. The van der Waals surface area contributed by atoms with Gasteiger partial charge in [-0.3, -0.25) is 14.6 Å². The van der Waals surface area contributed by atoms with Crippen molar-refractivity contribution >= 4 is 11.8 Å². The predicted octanol–water partition coefficient (Wildman–Crippen LogP) is 1.58. The first-order chi connectivity index (χ1) is 12.1. The summed E-state index contributed by atoms with van der Waals surface area (Å²) in [5.74, 6) is 2.00. The van der Waals surface area contributed by atoms with Crippen LogP contribution in [0.1, 0.15) is 35.4 Å². The summed E-state index contributed by atoms with van der Waals surface area (Å²) in [4.78, 5) is 26.6. The van der Waals surface area contributed by atoms with E-state index in [1.54, 1.807) is 6.92 Å². The second-order valence-corrected chi connectivity index (χ2v) is 5.76. The highest BCUT2D eigenvalue weighted by atomic mass is 16.2. The molecule has 0 bridgehead atoms. The van der Waals surface area contributed by atoms with E-state index in [-0.39, 0.29) is 23.9 Å². The second kappa shape index (κ2) is 7.18. The van der Waals surface area contributed by atoms with Gasteiger partial charge in [0, 0.05) is 25.9 Å². The van der Waals surface area contributed by atoms with Gasteiger partial charge in [0.1, 0.15) is 0 Å². The summed E-state index contributed by atoms with van der Waals surface area (Å²) >= 11 is 0. The van der Waals surface area contributed by atoms with Gasteiger partial charge < -0.3 is 0 Å². The molecule has 2 amide bonds. The van der Waals surface area contributed by atoms with Crippen molar-refractivity contribution in [2.24, 2.45) is 0 Å². The molecule has 1 aromatic carbocycles. The Morgan fingerprint density at radius 1 is 1.16 bits per heavy atom. The quantitative estimate of drug-likeness (QED) is 0.794. The number of benzene rings is 1. The number of nitrogens with zero attached hydrogens (tertiary/aromatic N) is 5. The first-order valence-electron chi connectivity index (χ1n) is 8.17. The zero-order valence-corrected chi connectivity index (χ0v) is 14.1. The summed E-state index contributed by atoms with van der Waals surface area (Å²) in [7, 11) is 0. The third-order valence-corrected chi connectivity index (χ3v) is 4.01. The first-order valence-corrected chi connectivity index (χ1v) is 8.17. The Morgan fingerprint density at radius 3 is 2.60 bits per heavy atom. The van der Waals surface area contributed by atoms with Crippen LogP contribution in [-0.4, -0.2) is 49.9 Å². The van der Waals surface area contributed by atoms with Gasteiger partial charge in [-0.1, -0.05) is 18.2 Å². The number of hydrogen-bond acceptors (Lipinski definition) is 4. The molecular formula is C18H19N5O2. The van der Waals surface area contributed by atoms with Crippen molar-refractivity contribution in [3.8, 4) is 18.0 Å². The van der Waals surface area contributed by atoms with Crippen LogP contribution in [0.15, 0.2) is 30.3 Å². The van der Waals surface area contributed by atoms with Gasteiger partial charge in [0.15, 0.2) is 5.69 Å². The maximum absolute atomic E-state index is 12.9. The fraction of sp³-hybridized carbons (Fsp3) is 0.333. The lowest BCUT2D eigenvalue weighted by Crippen LogP contribution is -2.45. The average Bonchev–Trinajstić information content (AvgIpc) is 3.27. The molecule has 0 radical (unpaired) electrons. The minimum Gasteiger partial charge on any atom is -0.273 e. The van der Waals surface area contributed by atoms with E-state index in [4.69, 9.17) is 6.42 Å². The van der Waals surface area contributed by atoms with E-state index in [9.17, 15) is 9.59 Å². The molecule has 2 aromatic rings.